The molecule has 24 heavy (non-hydrogen) atoms. The predicted octanol–water partition coefficient (Wildman–Crippen LogP) is 0.988. The summed E-state index contributed by atoms with van der Waals surface area (Å²) in [7, 11) is -5.95. The Morgan fingerprint density at radius 1 is 1.21 bits per heavy atom. The zero-order chi connectivity index (χ0) is 17.5. The van der Waals surface area contributed by atoms with Crippen molar-refractivity contribution in [2.75, 3.05) is 6.61 Å². The minimum Gasteiger partial charge on any atom is -0.459 e. The van der Waals surface area contributed by atoms with E-state index in [1.807, 2.05) is 0 Å². The number of ether oxygens (including phenoxy) is 2. The molecule has 4 rings (SSSR count). The molecule has 0 aliphatic heterocycles. The third kappa shape index (κ3) is 1.86. The van der Waals surface area contributed by atoms with Crippen LogP contribution in [0.25, 0.3) is 0 Å². The molecule has 4 fully saturated rings. The summed E-state index contributed by atoms with van der Waals surface area (Å²) in [6.07, 6.45) is 4.17. The number of rotatable bonds is 5. The van der Waals surface area contributed by atoms with E-state index in [1.54, 1.807) is 0 Å². The van der Waals surface area contributed by atoms with E-state index < -0.39 is 33.9 Å². The molecule has 0 radical (unpaired) electrons. The molecule has 4 aliphatic carbocycles. The van der Waals surface area contributed by atoms with Crippen LogP contribution in [0.15, 0.2) is 0 Å². The van der Waals surface area contributed by atoms with Gasteiger partial charge in [-0.25, -0.2) is 9.59 Å². The molecule has 0 aromatic rings. The monoisotopic (exact) mass is 366 g/mol. The normalized spacial score (nSPS) is 41.9. The van der Waals surface area contributed by atoms with Gasteiger partial charge in [0.05, 0.1) is 0 Å². The summed E-state index contributed by atoms with van der Waals surface area (Å²) in [5, 5.41) is -5.11. The van der Waals surface area contributed by atoms with Crippen molar-refractivity contribution in [1.29, 1.82) is 0 Å². The number of fused-ring (bicyclic) bond motifs is 1. The Labute approximate surface area is 136 Å². The molecule has 4 saturated carbocycles. The maximum atomic E-state index is 13.0. The molecule has 134 valence electrons. The third-order valence-corrected chi connectivity index (χ3v) is 7.28. The van der Waals surface area contributed by atoms with E-state index in [4.69, 9.17) is 9.29 Å². The van der Waals surface area contributed by atoms with Crippen LogP contribution in [-0.4, -0.2) is 42.9 Å². The summed E-state index contributed by atoms with van der Waals surface area (Å²) in [5.41, 5.74) is 0.310. The van der Waals surface area contributed by atoms with E-state index in [1.165, 1.54) is 12.8 Å². The molecule has 0 aromatic carbocycles. The number of hydrogen-bond donors (Lipinski definition) is 1. The van der Waals surface area contributed by atoms with E-state index in [-0.39, 0.29) is 6.10 Å². The van der Waals surface area contributed by atoms with E-state index >= 15 is 0 Å². The maximum Gasteiger partial charge on any atom is 0.465 e. The summed E-state index contributed by atoms with van der Waals surface area (Å²) < 4.78 is 64.3. The molecule has 10 heteroatoms. The standard InChI is InChI=1S/C14H16F2O7S/c15-14(16,24(19,20)21)12(18)22-5-10(17)23-11-8-2-6-1-7-3-9(11)13(7,8)4-6/h6-9,11H,1-5H2,(H,19,20,21). The molecule has 6 unspecified atom stereocenters. The summed E-state index contributed by atoms with van der Waals surface area (Å²) in [5.74, 6) is -1.48. The molecular formula is C14H16F2O7S. The molecule has 7 nitrogen and oxygen atoms in total. The first-order chi connectivity index (χ1) is 11.1. The molecule has 4 aliphatic rings. The van der Waals surface area contributed by atoms with Crippen LogP contribution in [-0.2, 0) is 29.2 Å². The summed E-state index contributed by atoms with van der Waals surface area (Å²) in [6, 6.07) is 0. The fraction of sp³-hybridized carbons (Fsp3) is 0.857. The number of carbonyl (C=O) groups excluding carboxylic acids is 2. The molecule has 1 spiro atoms. The summed E-state index contributed by atoms with van der Waals surface area (Å²) >= 11 is 0. The zero-order valence-corrected chi connectivity index (χ0v) is 13.3. The van der Waals surface area contributed by atoms with Crippen LogP contribution in [0.3, 0.4) is 0 Å². The highest BCUT2D eigenvalue weighted by molar-refractivity contribution is 7.87. The lowest BCUT2D eigenvalue weighted by atomic mass is 9.37. The van der Waals surface area contributed by atoms with Crippen molar-refractivity contribution in [3.05, 3.63) is 0 Å². The second-order valence-electron chi connectivity index (χ2n) is 7.32. The second kappa shape index (κ2) is 4.66. The van der Waals surface area contributed by atoms with Gasteiger partial charge in [-0.3, -0.25) is 4.55 Å². The van der Waals surface area contributed by atoms with Crippen LogP contribution in [0.4, 0.5) is 8.78 Å². The van der Waals surface area contributed by atoms with Gasteiger partial charge in [0.1, 0.15) is 6.10 Å². The number of carbonyl (C=O) groups is 2. The number of esters is 2. The van der Waals surface area contributed by atoms with Crippen molar-refractivity contribution < 1.29 is 40.8 Å². The van der Waals surface area contributed by atoms with Gasteiger partial charge in [0.2, 0.25) is 0 Å². The van der Waals surface area contributed by atoms with Crippen LogP contribution in [0.1, 0.15) is 25.7 Å². The van der Waals surface area contributed by atoms with Crippen LogP contribution in [0.5, 0.6) is 0 Å². The van der Waals surface area contributed by atoms with Crippen molar-refractivity contribution >= 4 is 22.1 Å². The highest BCUT2D eigenvalue weighted by Crippen LogP contribution is 2.81. The smallest absolute Gasteiger partial charge is 0.459 e. The second-order valence-corrected chi connectivity index (χ2v) is 8.78. The van der Waals surface area contributed by atoms with Gasteiger partial charge < -0.3 is 9.47 Å². The van der Waals surface area contributed by atoms with E-state index in [0.717, 1.165) is 12.8 Å². The van der Waals surface area contributed by atoms with E-state index in [2.05, 4.69) is 4.74 Å². The molecule has 0 amide bonds. The average Bonchev–Trinajstić information content (AvgIpc) is 2.98. The van der Waals surface area contributed by atoms with Gasteiger partial charge in [-0.1, -0.05) is 0 Å². The highest BCUT2D eigenvalue weighted by atomic mass is 32.2. The molecule has 0 saturated heterocycles. The van der Waals surface area contributed by atoms with Crippen molar-refractivity contribution in [3.63, 3.8) is 0 Å². The van der Waals surface area contributed by atoms with Crippen LogP contribution in [0.2, 0.25) is 0 Å². The molecular weight excluding hydrogens is 350 g/mol. The van der Waals surface area contributed by atoms with Crippen LogP contribution in [0, 0.1) is 29.1 Å². The topological polar surface area (TPSA) is 107 Å². The van der Waals surface area contributed by atoms with Gasteiger partial charge in [0.15, 0.2) is 6.61 Å². The molecule has 0 aromatic heterocycles. The lowest BCUT2D eigenvalue weighted by Gasteiger charge is -2.69. The first-order valence-corrected chi connectivity index (χ1v) is 9.23. The Bertz CT molecular complexity index is 721. The lowest BCUT2D eigenvalue weighted by Crippen LogP contribution is -2.69. The molecule has 2 bridgehead atoms. The predicted molar refractivity (Wildman–Crippen MR) is 72.2 cm³/mol. The van der Waals surface area contributed by atoms with Crippen LogP contribution < -0.4 is 0 Å². The number of halogens is 2. The minimum absolute atomic E-state index is 0.264. The Kier molecular flexibility index (Phi) is 3.14. The fourth-order valence-electron chi connectivity index (χ4n) is 5.70. The van der Waals surface area contributed by atoms with E-state index in [0.29, 0.717) is 29.1 Å². The van der Waals surface area contributed by atoms with Crippen LogP contribution >= 0.6 is 0 Å². The largest absolute Gasteiger partial charge is 0.465 e. The lowest BCUT2D eigenvalue weighted by molar-refractivity contribution is -0.268. The average molecular weight is 366 g/mol. The fourth-order valence-corrected chi connectivity index (χ4v) is 5.97. The highest BCUT2D eigenvalue weighted by Gasteiger charge is 2.78. The van der Waals surface area contributed by atoms with Crippen molar-refractivity contribution in [1.82, 2.24) is 0 Å². The Hall–Kier alpha value is -1.29. The maximum absolute atomic E-state index is 13.0. The quantitative estimate of drug-likeness (QED) is 0.571. The van der Waals surface area contributed by atoms with Crippen molar-refractivity contribution in [2.45, 2.75) is 37.0 Å². The Morgan fingerprint density at radius 2 is 1.88 bits per heavy atom. The van der Waals surface area contributed by atoms with Crippen molar-refractivity contribution in [3.8, 4) is 0 Å². The third-order valence-electron chi connectivity index (χ3n) is 6.47. The minimum atomic E-state index is -5.95. The molecule has 6 atom stereocenters. The van der Waals surface area contributed by atoms with Gasteiger partial charge in [0.25, 0.3) is 0 Å². The first-order valence-electron chi connectivity index (χ1n) is 7.79. The number of alkyl halides is 2. The Morgan fingerprint density at radius 3 is 2.50 bits per heavy atom. The van der Waals surface area contributed by atoms with Gasteiger partial charge in [-0.15, -0.1) is 0 Å². The van der Waals surface area contributed by atoms with Gasteiger partial charge in [-0.05, 0) is 42.9 Å². The first kappa shape index (κ1) is 16.2. The number of hydrogen-bond acceptors (Lipinski definition) is 6. The van der Waals surface area contributed by atoms with Gasteiger partial charge in [-0.2, -0.15) is 17.2 Å². The van der Waals surface area contributed by atoms with Gasteiger partial charge in [0, 0.05) is 11.8 Å². The summed E-state index contributed by atoms with van der Waals surface area (Å²) in [6.45, 7) is -1.11. The van der Waals surface area contributed by atoms with E-state index in [9.17, 15) is 26.8 Å². The SMILES string of the molecule is O=C(COC(=O)C(F)(F)S(=O)(=O)O)OC1C2CC3CC4CC1C42C3. The zero-order valence-electron chi connectivity index (χ0n) is 12.5. The van der Waals surface area contributed by atoms with Gasteiger partial charge >= 0.3 is 27.3 Å². The summed E-state index contributed by atoms with van der Waals surface area (Å²) in [4.78, 5) is 22.8. The van der Waals surface area contributed by atoms with Crippen molar-refractivity contribution in [2.24, 2.45) is 29.1 Å². The molecule has 0 heterocycles. The Balaban J connectivity index is 1.31. The molecule has 1 N–H and O–H groups in total.